The smallest absolute Gasteiger partial charge is 0.122 e. The molecule has 0 aromatic heterocycles. The van der Waals surface area contributed by atoms with Crippen molar-refractivity contribution < 1.29 is 9.84 Å². The highest BCUT2D eigenvalue weighted by molar-refractivity contribution is 5.42. The SMILES string of the molecule is CCOc1ccc(C(C)CO)cc1C1CC1. The molecule has 1 aromatic rings. The summed E-state index contributed by atoms with van der Waals surface area (Å²) in [5, 5.41) is 9.17. The summed E-state index contributed by atoms with van der Waals surface area (Å²) in [7, 11) is 0. The highest BCUT2D eigenvalue weighted by Crippen LogP contribution is 2.45. The van der Waals surface area contributed by atoms with Crippen molar-refractivity contribution >= 4 is 0 Å². The molecule has 1 atom stereocenters. The molecule has 0 radical (unpaired) electrons. The Morgan fingerprint density at radius 2 is 2.19 bits per heavy atom. The number of benzene rings is 1. The molecule has 1 aliphatic rings. The Bertz CT molecular complexity index is 356. The summed E-state index contributed by atoms with van der Waals surface area (Å²) < 4.78 is 5.64. The van der Waals surface area contributed by atoms with E-state index in [0.29, 0.717) is 12.5 Å². The van der Waals surface area contributed by atoms with Crippen molar-refractivity contribution in [3.8, 4) is 5.75 Å². The van der Waals surface area contributed by atoms with E-state index in [1.807, 2.05) is 13.8 Å². The third kappa shape index (κ3) is 2.38. The lowest BCUT2D eigenvalue weighted by molar-refractivity contribution is 0.273. The van der Waals surface area contributed by atoms with E-state index in [1.54, 1.807) is 0 Å². The molecule has 2 heteroatoms. The van der Waals surface area contributed by atoms with Gasteiger partial charge in [0.2, 0.25) is 0 Å². The van der Waals surface area contributed by atoms with Crippen LogP contribution >= 0.6 is 0 Å². The number of hydrogen-bond acceptors (Lipinski definition) is 2. The lowest BCUT2D eigenvalue weighted by Gasteiger charge is -2.14. The fraction of sp³-hybridized carbons (Fsp3) is 0.571. The third-order valence-electron chi connectivity index (χ3n) is 3.19. The summed E-state index contributed by atoms with van der Waals surface area (Å²) >= 11 is 0. The van der Waals surface area contributed by atoms with Gasteiger partial charge in [-0.25, -0.2) is 0 Å². The number of rotatable bonds is 5. The molecule has 88 valence electrons. The molecule has 2 nitrogen and oxygen atoms in total. The summed E-state index contributed by atoms with van der Waals surface area (Å²) in [6.07, 6.45) is 2.55. The van der Waals surface area contributed by atoms with Gasteiger partial charge in [0.05, 0.1) is 6.61 Å². The van der Waals surface area contributed by atoms with Gasteiger partial charge in [0, 0.05) is 12.5 Å². The maximum Gasteiger partial charge on any atom is 0.122 e. The summed E-state index contributed by atoms with van der Waals surface area (Å²) in [5.41, 5.74) is 2.55. The van der Waals surface area contributed by atoms with E-state index in [1.165, 1.54) is 24.0 Å². The molecule has 0 saturated heterocycles. The van der Waals surface area contributed by atoms with Crippen LogP contribution in [0.4, 0.5) is 0 Å². The first-order chi connectivity index (χ1) is 7.76. The Morgan fingerprint density at radius 1 is 1.44 bits per heavy atom. The van der Waals surface area contributed by atoms with E-state index in [2.05, 4.69) is 18.2 Å². The molecule has 1 fully saturated rings. The summed E-state index contributed by atoms with van der Waals surface area (Å²) in [6, 6.07) is 6.33. The molecular weight excluding hydrogens is 200 g/mol. The van der Waals surface area contributed by atoms with E-state index in [-0.39, 0.29) is 12.5 Å². The highest BCUT2D eigenvalue weighted by atomic mass is 16.5. The molecule has 0 heterocycles. The second-order valence-corrected chi connectivity index (χ2v) is 4.59. The summed E-state index contributed by atoms with van der Waals surface area (Å²) in [6.45, 7) is 4.99. The van der Waals surface area contributed by atoms with Crippen LogP contribution in [0.1, 0.15) is 49.7 Å². The van der Waals surface area contributed by atoms with Crippen molar-refractivity contribution in [2.24, 2.45) is 0 Å². The number of hydrogen-bond donors (Lipinski definition) is 1. The van der Waals surface area contributed by atoms with Gasteiger partial charge < -0.3 is 9.84 Å². The van der Waals surface area contributed by atoms with Crippen molar-refractivity contribution in [3.63, 3.8) is 0 Å². The molecule has 0 bridgehead atoms. The van der Waals surface area contributed by atoms with Crippen LogP contribution in [0.5, 0.6) is 5.75 Å². The minimum absolute atomic E-state index is 0.206. The van der Waals surface area contributed by atoms with Crippen LogP contribution in [-0.2, 0) is 0 Å². The van der Waals surface area contributed by atoms with Crippen LogP contribution in [0.15, 0.2) is 18.2 Å². The topological polar surface area (TPSA) is 29.5 Å². The summed E-state index contributed by atoms with van der Waals surface area (Å²) in [4.78, 5) is 0. The van der Waals surface area contributed by atoms with Crippen LogP contribution in [0.2, 0.25) is 0 Å². The maximum absolute atomic E-state index is 9.17. The first kappa shape index (κ1) is 11.5. The van der Waals surface area contributed by atoms with Gasteiger partial charge in [-0.3, -0.25) is 0 Å². The van der Waals surface area contributed by atoms with Gasteiger partial charge in [-0.15, -0.1) is 0 Å². The molecular formula is C14H20O2. The van der Waals surface area contributed by atoms with Gasteiger partial charge in [0.15, 0.2) is 0 Å². The van der Waals surface area contributed by atoms with E-state index in [4.69, 9.17) is 4.74 Å². The molecule has 0 aliphatic heterocycles. The van der Waals surface area contributed by atoms with Gasteiger partial charge in [-0.05, 0) is 42.9 Å². The van der Waals surface area contributed by atoms with Gasteiger partial charge >= 0.3 is 0 Å². The minimum Gasteiger partial charge on any atom is -0.494 e. The Morgan fingerprint density at radius 3 is 2.75 bits per heavy atom. The molecule has 1 N–H and O–H groups in total. The van der Waals surface area contributed by atoms with Crippen LogP contribution in [-0.4, -0.2) is 18.3 Å². The number of aliphatic hydroxyl groups is 1. The maximum atomic E-state index is 9.17. The first-order valence-corrected chi connectivity index (χ1v) is 6.13. The average Bonchev–Trinajstić information content (AvgIpc) is 3.13. The normalized spacial score (nSPS) is 17.2. The molecule has 1 unspecified atom stereocenters. The molecule has 16 heavy (non-hydrogen) atoms. The largest absolute Gasteiger partial charge is 0.494 e. The zero-order valence-electron chi connectivity index (χ0n) is 10.1. The number of ether oxygens (including phenoxy) is 1. The average molecular weight is 220 g/mol. The van der Waals surface area contributed by atoms with E-state index in [9.17, 15) is 5.11 Å². The quantitative estimate of drug-likeness (QED) is 0.826. The zero-order valence-corrected chi connectivity index (χ0v) is 10.1. The lowest BCUT2D eigenvalue weighted by Crippen LogP contribution is -2.02. The molecule has 0 amide bonds. The van der Waals surface area contributed by atoms with Gasteiger partial charge in [-0.1, -0.05) is 19.1 Å². The predicted octanol–water partition coefficient (Wildman–Crippen LogP) is 3.06. The van der Waals surface area contributed by atoms with Gasteiger partial charge in [0.25, 0.3) is 0 Å². The van der Waals surface area contributed by atoms with Gasteiger partial charge in [-0.2, -0.15) is 0 Å². The van der Waals surface area contributed by atoms with Gasteiger partial charge in [0.1, 0.15) is 5.75 Å². The number of aliphatic hydroxyl groups excluding tert-OH is 1. The van der Waals surface area contributed by atoms with Crippen molar-refractivity contribution in [1.29, 1.82) is 0 Å². The lowest BCUT2D eigenvalue weighted by atomic mass is 9.97. The molecule has 2 rings (SSSR count). The molecule has 1 aromatic carbocycles. The Kier molecular flexibility index (Phi) is 3.49. The van der Waals surface area contributed by atoms with Crippen molar-refractivity contribution in [3.05, 3.63) is 29.3 Å². The first-order valence-electron chi connectivity index (χ1n) is 6.13. The zero-order chi connectivity index (χ0) is 11.5. The van der Waals surface area contributed by atoms with Crippen LogP contribution in [0.25, 0.3) is 0 Å². The van der Waals surface area contributed by atoms with E-state index in [0.717, 1.165) is 5.75 Å². The second-order valence-electron chi connectivity index (χ2n) is 4.59. The molecule has 0 spiro atoms. The fourth-order valence-electron chi connectivity index (χ4n) is 1.98. The Balaban J connectivity index is 2.28. The van der Waals surface area contributed by atoms with E-state index >= 15 is 0 Å². The second kappa shape index (κ2) is 4.88. The highest BCUT2D eigenvalue weighted by Gasteiger charge is 2.27. The standard InChI is InChI=1S/C14H20O2/c1-3-16-14-7-6-12(10(2)9-15)8-13(14)11-4-5-11/h6-8,10-11,15H,3-5,9H2,1-2H3. The monoisotopic (exact) mass is 220 g/mol. The van der Waals surface area contributed by atoms with Crippen LogP contribution in [0, 0.1) is 0 Å². The Hall–Kier alpha value is -1.02. The van der Waals surface area contributed by atoms with Crippen molar-refractivity contribution in [2.75, 3.05) is 13.2 Å². The minimum atomic E-state index is 0.206. The van der Waals surface area contributed by atoms with E-state index < -0.39 is 0 Å². The third-order valence-corrected chi connectivity index (χ3v) is 3.19. The Labute approximate surface area is 97.3 Å². The fourth-order valence-corrected chi connectivity index (χ4v) is 1.98. The predicted molar refractivity (Wildman–Crippen MR) is 65.1 cm³/mol. The van der Waals surface area contributed by atoms with Crippen LogP contribution < -0.4 is 4.74 Å². The van der Waals surface area contributed by atoms with Crippen molar-refractivity contribution in [2.45, 2.75) is 38.5 Å². The van der Waals surface area contributed by atoms with Crippen molar-refractivity contribution in [1.82, 2.24) is 0 Å². The molecule has 1 saturated carbocycles. The molecule has 1 aliphatic carbocycles. The van der Waals surface area contributed by atoms with Crippen LogP contribution in [0.3, 0.4) is 0 Å². The summed E-state index contributed by atoms with van der Waals surface area (Å²) in [5.74, 6) is 1.93.